The van der Waals surface area contributed by atoms with Crippen molar-refractivity contribution < 1.29 is 9.18 Å². The Morgan fingerprint density at radius 2 is 1.94 bits per heavy atom. The highest BCUT2D eigenvalue weighted by atomic mass is 19.1. The molecule has 2 aliphatic rings. The van der Waals surface area contributed by atoms with E-state index in [9.17, 15) is 9.18 Å². The minimum atomic E-state index is -0.311. The Morgan fingerprint density at radius 1 is 1.18 bits per heavy atom. The first kappa shape index (κ1) is 10.8. The summed E-state index contributed by atoms with van der Waals surface area (Å²) < 4.78 is 13.6. The van der Waals surface area contributed by atoms with Crippen LogP contribution in [0.3, 0.4) is 0 Å². The lowest BCUT2D eigenvalue weighted by atomic mass is 9.77. The SMILES string of the molecule is O=C1Nc2c(F)cccc2C1C1CCCCC1. The summed E-state index contributed by atoms with van der Waals surface area (Å²) in [7, 11) is 0. The molecule has 1 aliphatic heterocycles. The maximum atomic E-state index is 13.6. The summed E-state index contributed by atoms with van der Waals surface area (Å²) >= 11 is 0. The molecular weight excluding hydrogens is 217 g/mol. The Bertz CT molecular complexity index is 452. The molecule has 1 heterocycles. The number of hydrogen-bond donors (Lipinski definition) is 1. The average molecular weight is 233 g/mol. The molecule has 1 fully saturated rings. The molecule has 2 nitrogen and oxygen atoms in total. The van der Waals surface area contributed by atoms with Gasteiger partial charge in [-0.3, -0.25) is 4.79 Å². The van der Waals surface area contributed by atoms with Crippen LogP contribution in [0, 0.1) is 11.7 Å². The number of anilines is 1. The van der Waals surface area contributed by atoms with Crippen molar-refractivity contribution in [2.24, 2.45) is 5.92 Å². The number of nitrogens with one attached hydrogen (secondary N) is 1. The predicted octanol–water partition coefficient (Wildman–Crippen LogP) is 3.44. The van der Waals surface area contributed by atoms with Gasteiger partial charge in [-0.15, -0.1) is 0 Å². The number of para-hydroxylation sites is 1. The molecule has 1 N–H and O–H groups in total. The van der Waals surface area contributed by atoms with E-state index in [0.29, 0.717) is 11.6 Å². The van der Waals surface area contributed by atoms with Crippen LogP contribution < -0.4 is 5.32 Å². The van der Waals surface area contributed by atoms with Crippen LogP contribution in [0.4, 0.5) is 10.1 Å². The first-order valence-electron chi connectivity index (χ1n) is 6.36. The Balaban J connectivity index is 1.96. The number of carbonyl (C=O) groups is 1. The van der Waals surface area contributed by atoms with Gasteiger partial charge in [0.15, 0.2) is 0 Å². The Labute approximate surface area is 100 Å². The Kier molecular flexibility index (Phi) is 2.61. The summed E-state index contributed by atoms with van der Waals surface area (Å²) in [4.78, 5) is 12.0. The molecule has 1 aliphatic carbocycles. The van der Waals surface area contributed by atoms with E-state index in [1.165, 1.54) is 25.3 Å². The highest BCUT2D eigenvalue weighted by molar-refractivity contribution is 6.03. The number of benzene rings is 1. The van der Waals surface area contributed by atoms with Crippen LogP contribution in [0.25, 0.3) is 0 Å². The van der Waals surface area contributed by atoms with Crippen LogP contribution in [-0.2, 0) is 4.79 Å². The lowest BCUT2D eigenvalue weighted by Crippen LogP contribution is -2.22. The largest absolute Gasteiger partial charge is 0.323 e. The first-order valence-corrected chi connectivity index (χ1v) is 6.36. The monoisotopic (exact) mass is 233 g/mol. The highest BCUT2D eigenvalue weighted by Gasteiger charge is 2.38. The molecule has 3 rings (SSSR count). The van der Waals surface area contributed by atoms with Crippen LogP contribution in [0.15, 0.2) is 18.2 Å². The van der Waals surface area contributed by atoms with Crippen LogP contribution in [0.2, 0.25) is 0 Å². The molecule has 1 aromatic carbocycles. The van der Waals surface area contributed by atoms with Gasteiger partial charge in [0.25, 0.3) is 0 Å². The molecule has 90 valence electrons. The molecule has 0 bridgehead atoms. The lowest BCUT2D eigenvalue weighted by Gasteiger charge is -2.26. The minimum Gasteiger partial charge on any atom is -0.323 e. The first-order chi connectivity index (χ1) is 8.27. The molecule has 1 atom stereocenters. The van der Waals surface area contributed by atoms with Crippen molar-refractivity contribution in [3.8, 4) is 0 Å². The van der Waals surface area contributed by atoms with Gasteiger partial charge in [-0.25, -0.2) is 4.39 Å². The van der Waals surface area contributed by atoms with E-state index >= 15 is 0 Å². The van der Waals surface area contributed by atoms with Crippen LogP contribution in [0.1, 0.15) is 43.6 Å². The molecular formula is C14H16FNO. The summed E-state index contributed by atoms with van der Waals surface area (Å²) in [6.45, 7) is 0. The van der Waals surface area contributed by atoms with E-state index in [1.54, 1.807) is 6.07 Å². The van der Waals surface area contributed by atoms with Crippen LogP contribution in [-0.4, -0.2) is 5.91 Å². The van der Waals surface area contributed by atoms with E-state index in [2.05, 4.69) is 5.32 Å². The second-order valence-electron chi connectivity index (χ2n) is 5.07. The number of rotatable bonds is 1. The van der Waals surface area contributed by atoms with Gasteiger partial charge in [-0.2, -0.15) is 0 Å². The topological polar surface area (TPSA) is 29.1 Å². The molecule has 3 heteroatoms. The molecule has 1 amide bonds. The zero-order valence-corrected chi connectivity index (χ0v) is 9.71. The lowest BCUT2D eigenvalue weighted by molar-refractivity contribution is -0.118. The fourth-order valence-corrected chi connectivity index (χ4v) is 3.21. The third-order valence-corrected chi connectivity index (χ3v) is 4.03. The highest BCUT2D eigenvalue weighted by Crippen LogP contribution is 2.43. The smallest absolute Gasteiger partial charge is 0.232 e. The standard InChI is InChI=1S/C14H16FNO/c15-11-8-4-7-10-12(14(17)16-13(10)11)9-5-2-1-3-6-9/h4,7-9,12H,1-3,5-6H2,(H,16,17). The van der Waals surface area contributed by atoms with E-state index in [-0.39, 0.29) is 17.6 Å². The predicted molar refractivity (Wildman–Crippen MR) is 64.3 cm³/mol. The van der Waals surface area contributed by atoms with Crippen molar-refractivity contribution in [3.05, 3.63) is 29.6 Å². The maximum absolute atomic E-state index is 13.6. The van der Waals surface area contributed by atoms with Crippen molar-refractivity contribution >= 4 is 11.6 Å². The minimum absolute atomic E-state index is 0.0167. The van der Waals surface area contributed by atoms with Crippen molar-refractivity contribution in [1.82, 2.24) is 0 Å². The van der Waals surface area contributed by atoms with Crippen molar-refractivity contribution in [1.29, 1.82) is 0 Å². The Morgan fingerprint density at radius 3 is 2.71 bits per heavy atom. The summed E-state index contributed by atoms with van der Waals surface area (Å²) in [5, 5.41) is 2.70. The molecule has 0 spiro atoms. The van der Waals surface area contributed by atoms with Gasteiger partial charge < -0.3 is 5.32 Å². The molecule has 1 unspecified atom stereocenters. The summed E-state index contributed by atoms with van der Waals surface area (Å²) in [5.74, 6) is -0.0565. The number of fused-ring (bicyclic) bond motifs is 1. The second kappa shape index (κ2) is 4.13. The molecule has 17 heavy (non-hydrogen) atoms. The van der Waals surface area contributed by atoms with E-state index in [1.807, 2.05) is 6.07 Å². The van der Waals surface area contributed by atoms with Gasteiger partial charge in [0, 0.05) is 0 Å². The van der Waals surface area contributed by atoms with Gasteiger partial charge in [0.1, 0.15) is 5.82 Å². The third-order valence-electron chi connectivity index (χ3n) is 4.03. The number of hydrogen-bond acceptors (Lipinski definition) is 1. The second-order valence-corrected chi connectivity index (χ2v) is 5.07. The van der Waals surface area contributed by atoms with Gasteiger partial charge in [0.2, 0.25) is 5.91 Å². The molecule has 1 saturated carbocycles. The molecule has 1 aromatic rings. The summed E-state index contributed by atoms with van der Waals surface area (Å²) in [6, 6.07) is 4.99. The van der Waals surface area contributed by atoms with E-state index in [4.69, 9.17) is 0 Å². The number of carbonyl (C=O) groups excluding carboxylic acids is 1. The normalized spacial score (nSPS) is 24.5. The molecule has 0 aromatic heterocycles. The fourth-order valence-electron chi connectivity index (χ4n) is 3.21. The summed E-state index contributed by atoms with van der Waals surface area (Å²) in [6.07, 6.45) is 5.83. The van der Waals surface area contributed by atoms with Crippen LogP contribution >= 0.6 is 0 Å². The maximum Gasteiger partial charge on any atom is 0.232 e. The van der Waals surface area contributed by atoms with Crippen LogP contribution in [0.5, 0.6) is 0 Å². The van der Waals surface area contributed by atoms with E-state index in [0.717, 1.165) is 18.4 Å². The van der Waals surface area contributed by atoms with E-state index < -0.39 is 0 Å². The fraction of sp³-hybridized carbons (Fsp3) is 0.500. The molecule has 0 saturated heterocycles. The third kappa shape index (κ3) is 1.74. The molecule has 0 radical (unpaired) electrons. The zero-order chi connectivity index (χ0) is 11.8. The van der Waals surface area contributed by atoms with Crippen molar-refractivity contribution in [3.63, 3.8) is 0 Å². The van der Waals surface area contributed by atoms with Crippen molar-refractivity contribution in [2.45, 2.75) is 38.0 Å². The van der Waals surface area contributed by atoms with Crippen molar-refractivity contribution in [2.75, 3.05) is 5.32 Å². The zero-order valence-electron chi connectivity index (χ0n) is 9.71. The van der Waals surface area contributed by atoms with Gasteiger partial charge >= 0.3 is 0 Å². The van der Waals surface area contributed by atoms with Gasteiger partial charge in [-0.1, -0.05) is 31.4 Å². The quantitative estimate of drug-likeness (QED) is 0.791. The van der Waals surface area contributed by atoms with Gasteiger partial charge in [0.05, 0.1) is 11.6 Å². The van der Waals surface area contributed by atoms with Gasteiger partial charge in [-0.05, 0) is 30.4 Å². The number of amides is 1. The number of halogens is 1. The summed E-state index contributed by atoms with van der Waals surface area (Å²) in [5.41, 5.74) is 1.27. The Hall–Kier alpha value is -1.38. The average Bonchev–Trinajstić information content (AvgIpc) is 2.68.